The molecule has 1 saturated carbocycles. The van der Waals surface area contributed by atoms with E-state index in [-0.39, 0.29) is 11.6 Å². The highest BCUT2D eigenvalue weighted by Crippen LogP contribution is 2.45. The van der Waals surface area contributed by atoms with Gasteiger partial charge in [-0.05, 0) is 44.7 Å². The normalized spacial score (nSPS) is 26.2. The number of hydrogen-bond donors (Lipinski definition) is 0. The van der Waals surface area contributed by atoms with Crippen molar-refractivity contribution in [1.29, 1.82) is 0 Å². The van der Waals surface area contributed by atoms with Crippen LogP contribution in [0.15, 0.2) is 24.3 Å². The van der Waals surface area contributed by atoms with Gasteiger partial charge in [-0.1, -0.05) is 24.1 Å². The van der Waals surface area contributed by atoms with Crippen molar-refractivity contribution < 1.29 is 9.53 Å². The number of amides is 1. The van der Waals surface area contributed by atoms with Gasteiger partial charge in [0.05, 0.1) is 11.6 Å². The maximum atomic E-state index is 12.5. The zero-order valence-corrected chi connectivity index (χ0v) is 14.8. The average molecular weight is 328 g/mol. The topological polar surface area (TPSA) is 32.8 Å². The Kier molecular flexibility index (Phi) is 4.03. The molecule has 24 heavy (non-hydrogen) atoms. The summed E-state index contributed by atoms with van der Waals surface area (Å²) in [6, 6.07) is 8.79. The predicted molar refractivity (Wildman–Crippen MR) is 95.2 cm³/mol. The lowest BCUT2D eigenvalue weighted by molar-refractivity contribution is -0.142. The van der Waals surface area contributed by atoms with Crippen molar-refractivity contribution in [2.45, 2.75) is 50.7 Å². The van der Waals surface area contributed by atoms with Crippen molar-refractivity contribution >= 4 is 11.6 Å². The molecule has 1 aromatic rings. The van der Waals surface area contributed by atoms with Gasteiger partial charge in [-0.3, -0.25) is 4.79 Å². The Balaban J connectivity index is 1.48. The number of likely N-dealkylation sites (tertiary alicyclic amines) is 1. The van der Waals surface area contributed by atoms with Crippen molar-refractivity contribution in [3.63, 3.8) is 0 Å². The van der Waals surface area contributed by atoms with E-state index < -0.39 is 0 Å². The average Bonchev–Trinajstić information content (AvgIpc) is 2.54. The maximum Gasteiger partial charge on any atom is 0.225 e. The minimum absolute atomic E-state index is 0.0698. The van der Waals surface area contributed by atoms with Crippen LogP contribution >= 0.6 is 0 Å². The van der Waals surface area contributed by atoms with E-state index in [1.807, 2.05) is 7.11 Å². The first kappa shape index (κ1) is 15.9. The smallest absolute Gasteiger partial charge is 0.225 e. The summed E-state index contributed by atoms with van der Waals surface area (Å²) >= 11 is 0. The molecular weight excluding hydrogens is 300 g/mol. The SMILES string of the molecule is COC1CN(c2ccc(C)cc2)C12CCN(C(=O)C1CCC1)CC2. The fraction of sp³-hybridized carbons (Fsp3) is 0.650. The van der Waals surface area contributed by atoms with E-state index in [0.717, 1.165) is 45.3 Å². The molecule has 4 nitrogen and oxygen atoms in total. The molecule has 0 aromatic heterocycles. The van der Waals surface area contributed by atoms with Crippen molar-refractivity contribution in [2.24, 2.45) is 5.92 Å². The lowest BCUT2D eigenvalue weighted by Crippen LogP contribution is -2.74. The zero-order chi connectivity index (χ0) is 16.7. The van der Waals surface area contributed by atoms with Gasteiger partial charge < -0.3 is 14.5 Å². The van der Waals surface area contributed by atoms with Crippen LogP contribution in [-0.4, -0.2) is 49.2 Å². The van der Waals surface area contributed by atoms with E-state index >= 15 is 0 Å². The third-order valence-corrected chi connectivity index (χ3v) is 6.51. The molecule has 2 aliphatic heterocycles. The van der Waals surface area contributed by atoms with Gasteiger partial charge >= 0.3 is 0 Å². The zero-order valence-electron chi connectivity index (χ0n) is 14.8. The van der Waals surface area contributed by atoms with E-state index in [9.17, 15) is 4.79 Å². The Hall–Kier alpha value is -1.55. The molecule has 4 heteroatoms. The van der Waals surface area contributed by atoms with Gasteiger partial charge in [-0.2, -0.15) is 0 Å². The largest absolute Gasteiger partial charge is 0.377 e. The van der Waals surface area contributed by atoms with Gasteiger partial charge in [0.15, 0.2) is 0 Å². The van der Waals surface area contributed by atoms with E-state index in [4.69, 9.17) is 4.74 Å². The summed E-state index contributed by atoms with van der Waals surface area (Å²) in [6.07, 6.45) is 5.71. The molecule has 3 fully saturated rings. The third-order valence-electron chi connectivity index (χ3n) is 6.51. The number of carbonyl (C=O) groups is 1. The molecule has 1 unspecified atom stereocenters. The first-order valence-corrected chi connectivity index (χ1v) is 9.30. The highest BCUT2D eigenvalue weighted by atomic mass is 16.5. The molecule has 130 valence electrons. The summed E-state index contributed by atoms with van der Waals surface area (Å²) in [5, 5.41) is 0. The molecule has 2 saturated heterocycles. The molecule has 2 heterocycles. The number of hydrogen-bond acceptors (Lipinski definition) is 3. The second-order valence-electron chi connectivity index (χ2n) is 7.73. The molecule has 1 atom stereocenters. The first-order valence-electron chi connectivity index (χ1n) is 9.30. The summed E-state index contributed by atoms with van der Waals surface area (Å²) in [6.45, 7) is 4.82. The van der Waals surface area contributed by atoms with Gasteiger partial charge in [0.25, 0.3) is 0 Å². The summed E-state index contributed by atoms with van der Waals surface area (Å²) in [5.74, 6) is 0.707. The Bertz CT molecular complexity index is 601. The Labute approximate surface area is 144 Å². The molecule has 1 spiro atoms. The number of rotatable bonds is 3. The summed E-state index contributed by atoms with van der Waals surface area (Å²) < 4.78 is 5.79. The molecule has 1 amide bonds. The van der Waals surface area contributed by atoms with Crippen LogP contribution in [-0.2, 0) is 9.53 Å². The molecular formula is C20H28N2O2. The molecule has 1 aromatic carbocycles. The molecule has 0 radical (unpaired) electrons. The molecule has 0 bridgehead atoms. The lowest BCUT2D eigenvalue weighted by Gasteiger charge is -2.62. The lowest BCUT2D eigenvalue weighted by atomic mass is 9.72. The number of piperidine rings is 1. The van der Waals surface area contributed by atoms with Crippen LogP contribution in [0, 0.1) is 12.8 Å². The number of ether oxygens (including phenoxy) is 1. The van der Waals surface area contributed by atoms with Crippen molar-refractivity contribution in [3.05, 3.63) is 29.8 Å². The fourth-order valence-corrected chi connectivity index (χ4v) is 4.58. The van der Waals surface area contributed by atoms with E-state index in [2.05, 4.69) is 41.0 Å². The second-order valence-corrected chi connectivity index (χ2v) is 7.73. The maximum absolute atomic E-state index is 12.5. The van der Waals surface area contributed by atoms with Gasteiger partial charge in [-0.15, -0.1) is 0 Å². The van der Waals surface area contributed by atoms with Crippen LogP contribution in [0.1, 0.15) is 37.7 Å². The Morgan fingerprint density at radius 2 is 1.83 bits per heavy atom. The summed E-state index contributed by atoms with van der Waals surface area (Å²) in [4.78, 5) is 17.1. The molecule has 0 N–H and O–H groups in total. The number of methoxy groups -OCH3 is 1. The molecule has 3 aliphatic rings. The van der Waals surface area contributed by atoms with Gasteiger partial charge in [0, 0.05) is 38.3 Å². The first-order chi connectivity index (χ1) is 11.6. The second kappa shape index (κ2) is 6.07. The van der Waals surface area contributed by atoms with Crippen LogP contribution in [0.5, 0.6) is 0 Å². The van der Waals surface area contributed by atoms with E-state index in [1.54, 1.807) is 0 Å². The highest BCUT2D eigenvalue weighted by Gasteiger charge is 2.55. The summed E-state index contributed by atoms with van der Waals surface area (Å²) in [5.41, 5.74) is 2.64. The molecule has 1 aliphatic carbocycles. The van der Waals surface area contributed by atoms with Crippen molar-refractivity contribution in [1.82, 2.24) is 4.90 Å². The fourth-order valence-electron chi connectivity index (χ4n) is 4.58. The monoisotopic (exact) mass is 328 g/mol. The van der Waals surface area contributed by atoms with Gasteiger partial charge in [0.1, 0.15) is 0 Å². The van der Waals surface area contributed by atoms with Gasteiger partial charge in [0.2, 0.25) is 5.91 Å². The standard InChI is InChI=1S/C20H28N2O2/c1-15-6-8-17(9-7-15)22-14-18(24-2)20(22)10-12-21(13-11-20)19(23)16-4-3-5-16/h6-9,16,18H,3-5,10-14H2,1-2H3. The van der Waals surface area contributed by atoms with Gasteiger partial charge in [-0.25, -0.2) is 0 Å². The van der Waals surface area contributed by atoms with E-state index in [1.165, 1.54) is 17.7 Å². The highest BCUT2D eigenvalue weighted by molar-refractivity contribution is 5.79. The van der Waals surface area contributed by atoms with Crippen LogP contribution in [0.4, 0.5) is 5.69 Å². The number of anilines is 1. The van der Waals surface area contributed by atoms with E-state index in [0.29, 0.717) is 11.8 Å². The minimum atomic E-state index is 0.0698. The van der Waals surface area contributed by atoms with Crippen molar-refractivity contribution in [3.8, 4) is 0 Å². The third kappa shape index (κ3) is 2.43. The summed E-state index contributed by atoms with van der Waals surface area (Å²) in [7, 11) is 1.82. The van der Waals surface area contributed by atoms with Crippen LogP contribution in [0.2, 0.25) is 0 Å². The van der Waals surface area contributed by atoms with Crippen LogP contribution in [0.3, 0.4) is 0 Å². The number of benzene rings is 1. The Morgan fingerprint density at radius 1 is 1.17 bits per heavy atom. The van der Waals surface area contributed by atoms with Crippen LogP contribution in [0.25, 0.3) is 0 Å². The number of aryl methyl sites for hydroxylation is 1. The molecule has 4 rings (SSSR count). The predicted octanol–water partition coefficient (Wildman–Crippen LogP) is 2.99. The van der Waals surface area contributed by atoms with Crippen molar-refractivity contribution in [2.75, 3.05) is 31.6 Å². The Morgan fingerprint density at radius 3 is 2.38 bits per heavy atom. The number of carbonyl (C=O) groups excluding carboxylic acids is 1. The van der Waals surface area contributed by atoms with Crippen LogP contribution < -0.4 is 4.90 Å². The minimum Gasteiger partial charge on any atom is -0.377 e. The quantitative estimate of drug-likeness (QED) is 0.855. The number of nitrogens with zero attached hydrogens (tertiary/aromatic N) is 2.